The van der Waals surface area contributed by atoms with Crippen molar-refractivity contribution >= 4 is 0 Å². The molecular weight excluding hydrogens is 140 g/mol. The van der Waals surface area contributed by atoms with Gasteiger partial charge in [-0.05, 0) is 17.2 Å². The predicted molar refractivity (Wildman–Crippen MR) is 41.3 cm³/mol. The number of fused-ring (bicyclic) bond motifs is 1. The Morgan fingerprint density at radius 3 is 3.00 bits per heavy atom. The van der Waals surface area contributed by atoms with E-state index < -0.39 is 0 Å². The van der Waals surface area contributed by atoms with Crippen molar-refractivity contribution in [3.8, 4) is 11.1 Å². The van der Waals surface area contributed by atoms with Crippen molar-refractivity contribution in [1.82, 2.24) is 0 Å². The van der Waals surface area contributed by atoms with E-state index >= 15 is 0 Å². The van der Waals surface area contributed by atoms with Crippen molar-refractivity contribution in [3.05, 3.63) is 36.3 Å². The normalized spacial score (nSPS) is 10.6. The second-order valence-corrected chi connectivity index (χ2v) is 2.44. The summed E-state index contributed by atoms with van der Waals surface area (Å²) < 4.78 is 4.98. The smallest absolute Gasteiger partial charge is 0.0983 e. The van der Waals surface area contributed by atoms with Crippen LogP contribution in [0.2, 0.25) is 0 Å². The van der Waals surface area contributed by atoms with Crippen LogP contribution in [0.4, 0.5) is 0 Å². The van der Waals surface area contributed by atoms with Crippen LogP contribution in [0, 0.1) is 0 Å². The lowest BCUT2D eigenvalue weighted by atomic mass is 10.1. The van der Waals surface area contributed by atoms with Gasteiger partial charge in [-0.2, -0.15) is 0 Å². The Hall–Kier alpha value is -1.28. The fourth-order valence-corrected chi connectivity index (χ4v) is 1.20. The van der Waals surface area contributed by atoms with E-state index in [0.29, 0.717) is 0 Å². The second kappa shape index (κ2) is 2.40. The quantitative estimate of drug-likeness (QED) is 0.669. The average molecular weight is 148 g/mol. The van der Waals surface area contributed by atoms with Crippen molar-refractivity contribution in [2.24, 2.45) is 0 Å². The fraction of sp³-hybridized carbons (Fsp3) is 0.111. The summed E-state index contributed by atoms with van der Waals surface area (Å²) in [6, 6.07) is 5.76. The van der Waals surface area contributed by atoms with Gasteiger partial charge in [0.05, 0.1) is 19.1 Å². The summed E-state index contributed by atoms with van der Waals surface area (Å²) in [6.45, 7) is 0.0725. The Morgan fingerprint density at radius 1 is 1.27 bits per heavy atom. The summed E-state index contributed by atoms with van der Waals surface area (Å²) >= 11 is 0. The first-order chi connectivity index (χ1) is 5.42. The van der Waals surface area contributed by atoms with Gasteiger partial charge < -0.3 is 9.52 Å². The summed E-state index contributed by atoms with van der Waals surface area (Å²) in [6.07, 6.45) is 3.28. The molecule has 1 N–H and O–H groups in total. The number of hydrogen-bond acceptors (Lipinski definition) is 2. The van der Waals surface area contributed by atoms with Gasteiger partial charge in [-0.15, -0.1) is 0 Å². The molecule has 1 aliphatic heterocycles. The maximum Gasteiger partial charge on any atom is 0.0983 e. The monoisotopic (exact) mass is 148 g/mol. The Bertz CT molecular complexity index is 324. The van der Waals surface area contributed by atoms with E-state index in [4.69, 9.17) is 9.52 Å². The molecule has 0 aromatic heterocycles. The van der Waals surface area contributed by atoms with E-state index in [9.17, 15) is 0 Å². The van der Waals surface area contributed by atoms with Gasteiger partial charge in [0.1, 0.15) is 0 Å². The number of aliphatic hydroxyl groups excluding tert-OH is 1. The van der Waals surface area contributed by atoms with E-state index in [1.54, 1.807) is 12.5 Å². The lowest BCUT2D eigenvalue weighted by molar-refractivity contribution is 0.282. The Labute approximate surface area is 64.4 Å². The molecule has 0 atom stereocenters. The zero-order chi connectivity index (χ0) is 7.68. The molecule has 0 spiro atoms. The largest absolute Gasteiger partial charge is 0.472 e. The zero-order valence-electron chi connectivity index (χ0n) is 5.95. The highest BCUT2D eigenvalue weighted by Gasteiger charge is 2.07. The lowest BCUT2D eigenvalue weighted by Gasteiger charge is -1.97. The van der Waals surface area contributed by atoms with Gasteiger partial charge in [0.25, 0.3) is 0 Å². The van der Waals surface area contributed by atoms with E-state index in [0.717, 1.165) is 16.7 Å². The molecule has 1 aliphatic carbocycles. The number of aliphatic hydroxyl groups is 1. The SMILES string of the molecule is OCc1ccc2ccocc1-2. The maximum absolute atomic E-state index is 8.88. The van der Waals surface area contributed by atoms with Gasteiger partial charge >= 0.3 is 0 Å². The summed E-state index contributed by atoms with van der Waals surface area (Å²) in [4.78, 5) is 0. The van der Waals surface area contributed by atoms with Gasteiger partial charge in [-0.3, -0.25) is 0 Å². The molecule has 1 heterocycles. The number of hydrogen-bond donors (Lipinski definition) is 1. The van der Waals surface area contributed by atoms with Crippen LogP contribution in [0.15, 0.2) is 35.1 Å². The van der Waals surface area contributed by atoms with Crippen LogP contribution in [-0.4, -0.2) is 5.11 Å². The Morgan fingerprint density at radius 2 is 2.18 bits per heavy atom. The molecule has 0 aromatic carbocycles. The van der Waals surface area contributed by atoms with E-state index in [1.807, 2.05) is 18.2 Å². The number of rotatable bonds is 1. The predicted octanol–water partition coefficient (Wildman–Crippen LogP) is 1.88. The van der Waals surface area contributed by atoms with Crippen LogP contribution >= 0.6 is 0 Å². The van der Waals surface area contributed by atoms with Gasteiger partial charge in [0.15, 0.2) is 0 Å². The molecule has 0 aromatic rings. The van der Waals surface area contributed by atoms with Crippen LogP contribution in [0.1, 0.15) is 5.56 Å². The van der Waals surface area contributed by atoms with Crippen molar-refractivity contribution in [2.75, 3.05) is 0 Å². The van der Waals surface area contributed by atoms with Crippen molar-refractivity contribution in [2.45, 2.75) is 6.61 Å². The summed E-state index contributed by atoms with van der Waals surface area (Å²) in [7, 11) is 0. The fourth-order valence-electron chi connectivity index (χ4n) is 1.20. The molecule has 2 rings (SSSR count). The molecule has 0 fully saturated rings. The van der Waals surface area contributed by atoms with E-state index in [1.165, 1.54) is 0 Å². The van der Waals surface area contributed by atoms with E-state index in [2.05, 4.69) is 0 Å². The van der Waals surface area contributed by atoms with Gasteiger partial charge in [0, 0.05) is 5.56 Å². The minimum Gasteiger partial charge on any atom is -0.472 e. The van der Waals surface area contributed by atoms with Crippen molar-refractivity contribution in [1.29, 1.82) is 0 Å². The Balaban J connectivity index is 2.64. The molecule has 56 valence electrons. The van der Waals surface area contributed by atoms with Crippen LogP contribution in [0.5, 0.6) is 0 Å². The molecule has 0 unspecified atom stereocenters. The highest BCUT2D eigenvalue weighted by molar-refractivity contribution is 5.68. The average Bonchev–Trinajstić information content (AvgIpc) is 2.47. The molecule has 2 nitrogen and oxygen atoms in total. The molecule has 2 aliphatic rings. The molecule has 0 bridgehead atoms. The highest BCUT2D eigenvalue weighted by Crippen LogP contribution is 2.26. The highest BCUT2D eigenvalue weighted by atomic mass is 16.3. The summed E-state index contributed by atoms with van der Waals surface area (Å²) in [5, 5.41) is 8.88. The second-order valence-electron chi connectivity index (χ2n) is 2.44. The minimum atomic E-state index is 0.0725. The van der Waals surface area contributed by atoms with Crippen LogP contribution < -0.4 is 0 Å². The standard InChI is InChI=1S/C9H8O2/c10-5-8-2-1-7-3-4-11-6-9(7)8/h1-4,6,10H,5H2. The molecule has 2 heteroatoms. The zero-order valence-corrected chi connectivity index (χ0v) is 5.95. The molecule has 0 saturated carbocycles. The third-order valence-corrected chi connectivity index (χ3v) is 1.80. The van der Waals surface area contributed by atoms with Crippen LogP contribution in [0.3, 0.4) is 0 Å². The summed E-state index contributed by atoms with van der Waals surface area (Å²) in [5.41, 5.74) is 3.03. The first-order valence-electron chi connectivity index (χ1n) is 3.46. The van der Waals surface area contributed by atoms with Crippen molar-refractivity contribution in [3.63, 3.8) is 0 Å². The molecule has 0 radical (unpaired) electrons. The van der Waals surface area contributed by atoms with Crippen LogP contribution in [0.25, 0.3) is 11.1 Å². The first-order valence-corrected chi connectivity index (χ1v) is 3.46. The molecular formula is C9H8O2. The van der Waals surface area contributed by atoms with Crippen LogP contribution in [-0.2, 0) is 6.61 Å². The maximum atomic E-state index is 8.88. The lowest BCUT2D eigenvalue weighted by Crippen LogP contribution is -1.81. The molecule has 11 heavy (non-hydrogen) atoms. The molecule has 0 saturated heterocycles. The molecule has 0 amide bonds. The topological polar surface area (TPSA) is 33.4 Å². The summed E-state index contributed by atoms with van der Waals surface area (Å²) in [5.74, 6) is 0. The van der Waals surface area contributed by atoms with Crippen molar-refractivity contribution < 1.29 is 9.52 Å². The Kier molecular flexibility index (Phi) is 1.40. The van der Waals surface area contributed by atoms with Gasteiger partial charge in [-0.1, -0.05) is 12.1 Å². The minimum absolute atomic E-state index is 0.0725. The third-order valence-electron chi connectivity index (χ3n) is 1.80. The van der Waals surface area contributed by atoms with Gasteiger partial charge in [-0.25, -0.2) is 0 Å². The van der Waals surface area contributed by atoms with Gasteiger partial charge in [0.2, 0.25) is 0 Å². The first kappa shape index (κ1) is 6.43. The third kappa shape index (κ3) is 0.917. The van der Waals surface area contributed by atoms with E-state index in [-0.39, 0.29) is 6.61 Å².